The highest BCUT2D eigenvalue weighted by Crippen LogP contribution is 2.31. The summed E-state index contributed by atoms with van der Waals surface area (Å²) in [6.45, 7) is 5.68. The first-order chi connectivity index (χ1) is 17.0. The quantitative estimate of drug-likeness (QED) is 0.398. The summed E-state index contributed by atoms with van der Waals surface area (Å²) in [4.78, 5) is 23.5. The Morgan fingerprint density at radius 3 is 2.83 bits per heavy atom. The molecule has 4 rings (SSSR count). The molecule has 2 aromatic carbocycles. The normalized spacial score (nSPS) is 14.7. The minimum Gasteiger partial charge on any atom is -0.496 e. The largest absolute Gasteiger partial charge is 0.496 e. The summed E-state index contributed by atoms with van der Waals surface area (Å²) < 4.78 is 25.5. The van der Waals surface area contributed by atoms with Gasteiger partial charge >= 0.3 is 5.97 Å². The van der Waals surface area contributed by atoms with E-state index in [0.29, 0.717) is 28.0 Å². The average molecular weight is 502 g/mol. The number of carbonyl (C=O) groups is 1. The van der Waals surface area contributed by atoms with Crippen molar-refractivity contribution in [2.24, 2.45) is 0 Å². The van der Waals surface area contributed by atoms with Gasteiger partial charge in [0.05, 0.1) is 23.3 Å². The number of nitrogens with zero attached hydrogens (tertiary/aromatic N) is 3. The highest BCUT2D eigenvalue weighted by atomic mass is 35.5. The average Bonchev–Trinajstić information content (AvgIpc) is 3.38. The van der Waals surface area contributed by atoms with Gasteiger partial charge in [-0.05, 0) is 51.1 Å². The van der Waals surface area contributed by atoms with Gasteiger partial charge in [0.2, 0.25) is 0 Å². The van der Waals surface area contributed by atoms with Crippen molar-refractivity contribution in [1.29, 1.82) is 0 Å². The summed E-state index contributed by atoms with van der Waals surface area (Å²) in [6, 6.07) is 7.76. The third-order valence-corrected chi connectivity index (χ3v) is 6.33. The van der Waals surface area contributed by atoms with Crippen LogP contribution in [0.1, 0.15) is 25.3 Å². The lowest BCUT2D eigenvalue weighted by molar-refractivity contribution is -0.147. The van der Waals surface area contributed by atoms with Crippen molar-refractivity contribution in [3.63, 3.8) is 0 Å². The van der Waals surface area contributed by atoms with Crippen molar-refractivity contribution in [1.82, 2.24) is 20.2 Å². The van der Waals surface area contributed by atoms with Gasteiger partial charge in [0.15, 0.2) is 5.82 Å². The molecule has 0 bridgehead atoms. The van der Waals surface area contributed by atoms with E-state index in [0.717, 1.165) is 26.2 Å². The number of rotatable bonds is 10. The molecule has 1 atom stereocenters. The van der Waals surface area contributed by atoms with E-state index in [1.807, 2.05) is 0 Å². The van der Waals surface area contributed by atoms with E-state index in [2.05, 4.69) is 25.5 Å². The zero-order valence-corrected chi connectivity index (χ0v) is 20.6. The second kappa shape index (κ2) is 11.6. The van der Waals surface area contributed by atoms with Crippen molar-refractivity contribution in [2.75, 3.05) is 38.6 Å². The second-order valence-corrected chi connectivity index (χ2v) is 8.87. The van der Waals surface area contributed by atoms with Crippen LogP contribution in [0.25, 0.3) is 10.9 Å². The van der Waals surface area contributed by atoms with Crippen molar-refractivity contribution >= 4 is 40.0 Å². The smallest absolute Gasteiger partial charge is 0.323 e. The summed E-state index contributed by atoms with van der Waals surface area (Å²) in [6.07, 6.45) is 3.85. The molecule has 1 aliphatic heterocycles. The Morgan fingerprint density at radius 2 is 2.06 bits per heavy atom. The fourth-order valence-electron chi connectivity index (χ4n) is 4.06. The molecule has 2 N–H and O–H groups in total. The number of esters is 1. The van der Waals surface area contributed by atoms with Crippen LogP contribution < -0.4 is 15.4 Å². The molecule has 3 aromatic rings. The molecule has 8 nitrogen and oxygen atoms in total. The summed E-state index contributed by atoms with van der Waals surface area (Å²) in [7, 11) is 1.54. The van der Waals surface area contributed by atoms with E-state index in [-0.39, 0.29) is 23.3 Å². The topological polar surface area (TPSA) is 88.6 Å². The number of ether oxygens (including phenoxy) is 2. The number of benzene rings is 2. The molecule has 0 saturated carbocycles. The molecule has 2 heterocycles. The summed E-state index contributed by atoms with van der Waals surface area (Å²) in [5.74, 6) is -0.00563. The lowest BCUT2D eigenvalue weighted by Gasteiger charge is -2.18. The maximum Gasteiger partial charge on any atom is 0.323 e. The molecular weight excluding hydrogens is 473 g/mol. The van der Waals surface area contributed by atoms with Crippen LogP contribution in [0, 0.1) is 5.82 Å². The van der Waals surface area contributed by atoms with E-state index in [9.17, 15) is 9.18 Å². The molecule has 1 aliphatic rings. The molecule has 10 heteroatoms. The van der Waals surface area contributed by atoms with Crippen molar-refractivity contribution in [3.8, 4) is 5.75 Å². The number of anilines is 2. The second-order valence-electron chi connectivity index (χ2n) is 8.46. The molecule has 0 spiro atoms. The minimum atomic E-state index is -0.574. The first-order valence-corrected chi connectivity index (χ1v) is 12.0. The molecule has 0 radical (unpaired) electrons. The number of hydrogen-bond donors (Lipinski definition) is 2. The van der Waals surface area contributed by atoms with Crippen LogP contribution in [0.15, 0.2) is 36.7 Å². The Labute approximate surface area is 208 Å². The number of halogens is 2. The van der Waals surface area contributed by atoms with Crippen LogP contribution in [0.5, 0.6) is 5.75 Å². The molecule has 1 saturated heterocycles. The highest BCUT2D eigenvalue weighted by molar-refractivity contribution is 6.31. The predicted molar refractivity (Wildman–Crippen MR) is 134 cm³/mol. The number of likely N-dealkylation sites (tertiary alicyclic amines) is 1. The molecule has 0 amide bonds. The number of fused-ring (bicyclic) bond motifs is 1. The zero-order valence-electron chi connectivity index (χ0n) is 19.8. The fourth-order valence-corrected chi connectivity index (χ4v) is 4.24. The third-order valence-electron chi connectivity index (χ3n) is 6.04. The SMILES string of the molecule is COc1cc2ncnc(Nc3cccc(Cl)c3F)c2cc1COC(=O)[C@@H](C)NCCN1CCCC1. The standard InChI is InChI=1S/C25H29ClFN5O3/c1-16(28-8-11-32-9-3-4-10-32)25(33)35-14-17-12-18-21(13-22(17)34-2)29-15-30-24(18)31-20-7-5-6-19(26)23(20)27/h5-7,12-13,15-16,28H,3-4,8-11,14H2,1-2H3,(H,29,30,31)/t16-/m1/s1. The molecule has 0 unspecified atom stereocenters. The molecule has 186 valence electrons. The minimum absolute atomic E-state index is 0.00536. The molecule has 35 heavy (non-hydrogen) atoms. The van der Waals surface area contributed by atoms with Gasteiger partial charge in [-0.2, -0.15) is 0 Å². The number of carbonyl (C=O) groups excluding carboxylic acids is 1. The number of nitrogens with one attached hydrogen (secondary N) is 2. The Hall–Kier alpha value is -3.01. The number of hydrogen-bond acceptors (Lipinski definition) is 8. The van der Waals surface area contributed by atoms with Gasteiger partial charge in [0, 0.05) is 30.1 Å². The number of aromatic nitrogens is 2. The van der Waals surface area contributed by atoms with Crippen molar-refractivity contribution in [3.05, 3.63) is 53.1 Å². The number of methoxy groups -OCH3 is 1. The van der Waals surface area contributed by atoms with Crippen molar-refractivity contribution in [2.45, 2.75) is 32.4 Å². The monoisotopic (exact) mass is 501 g/mol. The first-order valence-electron chi connectivity index (χ1n) is 11.6. The van der Waals surface area contributed by atoms with Gasteiger partial charge in [0.25, 0.3) is 0 Å². The van der Waals surface area contributed by atoms with E-state index in [1.165, 1.54) is 32.3 Å². The van der Waals surface area contributed by atoms with Gasteiger partial charge in [-0.25, -0.2) is 14.4 Å². The van der Waals surface area contributed by atoms with Crippen LogP contribution >= 0.6 is 11.6 Å². The third kappa shape index (κ3) is 6.17. The predicted octanol–water partition coefficient (Wildman–Crippen LogP) is 4.29. The van der Waals surface area contributed by atoms with Gasteiger partial charge in [0.1, 0.15) is 30.5 Å². The van der Waals surface area contributed by atoms with E-state index in [1.54, 1.807) is 31.2 Å². The lowest BCUT2D eigenvalue weighted by atomic mass is 10.1. The van der Waals surface area contributed by atoms with Crippen LogP contribution in [-0.2, 0) is 16.1 Å². The maximum atomic E-state index is 14.4. The Kier molecular flexibility index (Phi) is 8.33. The van der Waals surface area contributed by atoms with E-state index >= 15 is 0 Å². The van der Waals surface area contributed by atoms with Gasteiger partial charge in [-0.1, -0.05) is 17.7 Å². The maximum absolute atomic E-state index is 14.4. The van der Waals surface area contributed by atoms with Gasteiger partial charge < -0.3 is 25.0 Å². The van der Waals surface area contributed by atoms with Crippen LogP contribution in [0.4, 0.5) is 15.9 Å². The van der Waals surface area contributed by atoms with Gasteiger partial charge in [-0.3, -0.25) is 4.79 Å². The van der Waals surface area contributed by atoms with Crippen LogP contribution in [0.2, 0.25) is 5.02 Å². The Bertz CT molecular complexity index is 1190. The molecular formula is C25H29ClFN5O3. The zero-order chi connectivity index (χ0) is 24.8. The van der Waals surface area contributed by atoms with Crippen LogP contribution in [-0.4, -0.2) is 60.2 Å². The van der Waals surface area contributed by atoms with Crippen LogP contribution in [0.3, 0.4) is 0 Å². The Morgan fingerprint density at radius 1 is 1.26 bits per heavy atom. The van der Waals surface area contributed by atoms with E-state index in [4.69, 9.17) is 21.1 Å². The molecule has 1 aromatic heterocycles. The summed E-state index contributed by atoms with van der Waals surface area (Å²) in [5.41, 5.74) is 1.42. The summed E-state index contributed by atoms with van der Waals surface area (Å²) in [5, 5.41) is 6.83. The van der Waals surface area contributed by atoms with E-state index < -0.39 is 11.9 Å². The highest BCUT2D eigenvalue weighted by Gasteiger charge is 2.18. The Balaban J connectivity index is 1.46. The van der Waals surface area contributed by atoms with Crippen molar-refractivity contribution < 1.29 is 18.7 Å². The fraction of sp³-hybridized carbons (Fsp3) is 0.400. The molecule has 0 aliphatic carbocycles. The molecule has 1 fully saturated rings. The lowest BCUT2D eigenvalue weighted by Crippen LogP contribution is -2.39. The first kappa shape index (κ1) is 25.1. The van der Waals surface area contributed by atoms with Gasteiger partial charge in [-0.15, -0.1) is 0 Å². The summed E-state index contributed by atoms with van der Waals surface area (Å²) >= 11 is 5.90.